The zero-order valence-corrected chi connectivity index (χ0v) is 31.9. The van der Waals surface area contributed by atoms with Crippen LogP contribution in [0.2, 0.25) is 0 Å². The van der Waals surface area contributed by atoms with Crippen molar-refractivity contribution in [3.8, 4) is 0 Å². The minimum absolute atomic E-state index is 0.0458. The number of esters is 2. The topological polar surface area (TPSA) is 178 Å². The first-order chi connectivity index (χ1) is 23.8. The van der Waals surface area contributed by atoms with Crippen LogP contribution >= 0.6 is 0 Å². The van der Waals surface area contributed by atoms with Crippen molar-refractivity contribution < 1.29 is 58.5 Å². The fourth-order valence-corrected chi connectivity index (χ4v) is 7.00. The second-order valence-corrected chi connectivity index (χ2v) is 14.6. The number of hydrogen-bond donors (Lipinski definition) is 4. The Balaban J connectivity index is 2.55. The van der Waals surface area contributed by atoms with Gasteiger partial charge in [0, 0.05) is 49.4 Å². The highest BCUT2D eigenvalue weighted by atomic mass is 16.6. The zero-order valence-electron chi connectivity index (χ0n) is 31.9. The summed E-state index contributed by atoms with van der Waals surface area (Å²) in [4.78, 5) is 37.1. The van der Waals surface area contributed by atoms with Crippen LogP contribution in [0.5, 0.6) is 0 Å². The smallest absolute Gasteiger partial charge is 0.373 e. The predicted molar refractivity (Wildman–Crippen MR) is 191 cm³/mol. The summed E-state index contributed by atoms with van der Waals surface area (Å²) < 4.78 is 29.1. The third kappa shape index (κ3) is 12.1. The van der Waals surface area contributed by atoms with E-state index in [0.29, 0.717) is 18.1 Å². The Morgan fingerprint density at radius 2 is 1.71 bits per heavy atom. The summed E-state index contributed by atoms with van der Waals surface area (Å²) in [7, 11) is 2.80. The number of aliphatic hydroxyl groups excluding tert-OH is 2. The van der Waals surface area contributed by atoms with E-state index in [1.807, 2.05) is 53.7 Å². The zero-order chi connectivity index (χ0) is 38.8. The van der Waals surface area contributed by atoms with Gasteiger partial charge in [0.2, 0.25) is 5.76 Å². The van der Waals surface area contributed by atoms with Gasteiger partial charge in [0.25, 0.3) is 0 Å². The largest absolute Gasteiger partial charge is 0.490 e. The van der Waals surface area contributed by atoms with Crippen molar-refractivity contribution in [1.82, 2.24) is 0 Å². The number of carbonyl (C=O) groups is 3. The van der Waals surface area contributed by atoms with E-state index in [-0.39, 0.29) is 35.9 Å². The van der Waals surface area contributed by atoms with E-state index in [2.05, 4.69) is 0 Å². The molecule has 1 fully saturated rings. The predicted octanol–water partition coefficient (Wildman–Crippen LogP) is 4.88. The highest BCUT2D eigenvalue weighted by Crippen LogP contribution is 2.42. The molecular formula is C39H60O12. The van der Waals surface area contributed by atoms with Gasteiger partial charge >= 0.3 is 17.9 Å². The molecule has 0 aromatic heterocycles. The van der Waals surface area contributed by atoms with E-state index < -0.39 is 72.2 Å². The molecule has 12 nitrogen and oxygen atoms in total. The SMILES string of the molecule is CO/C1=C/C(C)=C\[C@@H](C)[C@@H](O)[C@@H](C)C/C(C)=C/C=C/[C@H](OC)C([C@@H](C)[C@@H](O)[C@H](C)[C@@]2(O)C[C@@H](OC(=O)/C=C/C(=O)O)[C@H](C)[C@@H](C(C)C)O2)OC1=O. The molecule has 12 heteroatoms. The van der Waals surface area contributed by atoms with Crippen molar-refractivity contribution in [2.24, 2.45) is 35.5 Å². The number of allylic oxidation sites excluding steroid dienone is 5. The molecule has 2 rings (SSSR count). The van der Waals surface area contributed by atoms with Crippen LogP contribution in [0.3, 0.4) is 0 Å². The fourth-order valence-electron chi connectivity index (χ4n) is 7.00. The summed E-state index contributed by atoms with van der Waals surface area (Å²) in [5.74, 6) is -7.68. The number of carbonyl (C=O) groups excluding carboxylic acids is 2. The van der Waals surface area contributed by atoms with Gasteiger partial charge in [-0.25, -0.2) is 14.4 Å². The Hall–Kier alpha value is -3.29. The van der Waals surface area contributed by atoms with Crippen LogP contribution in [0.25, 0.3) is 0 Å². The van der Waals surface area contributed by atoms with Gasteiger partial charge in [0.15, 0.2) is 5.79 Å². The number of hydrogen-bond acceptors (Lipinski definition) is 11. The number of carboxylic acid groups (broad SMARTS) is 1. The molecule has 0 bridgehead atoms. The summed E-state index contributed by atoms with van der Waals surface area (Å²) in [5.41, 5.74) is 1.70. The number of aliphatic hydroxyl groups is 3. The quantitative estimate of drug-likeness (QED) is 0.178. The van der Waals surface area contributed by atoms with Crippen LogP contribution in [-0.4, -0.2) is 95.0 Å². The highest BCUT2D eigenvalue weighted by Gasteiger charge is 2.53. The van der Waals surface area contributed by atoms with Crippen LogP contribution in [0.15, 0.2) is 59.4 Å². The summed E-state index contributed by atoms with van der Waals surface area (Å²) in [6.45, 7) is 16.5. The number of aliphatic carboxylic acids is 1. The normalized spacial score (nSPS) is 37.1. The molecule has 0 radical (unpaired) electrons. The van der Waals surface area contributed by atoms with E-state index in [0.717, 1.165) is 11.6 Å². The number of cyclic esters (lactones) is 1. The molecule has 12 atom stereocenters. The third-order valence-electron chi connectivity index (χ3n) is 10.1. The first-order valence-electron chi connectivity index (χ1n) is 17.7. The molecule has 0 aromatic carbocycles. The van der Waals surface area contributed by atoms with Crippen molar-refractivity contribution in [1.29, 1.82) is 0 Å². The van der Waals surface area contributed by atoms with E-state index in [9.17, 15) is 29.7 Å². The molecule has 1 unspecified atom stereocenters. The third-order valence-corrected chi connectivity index (χ3v) is 10.1. The van der Waals surface area contributed by atoms with Crippen LogP contribution in [-0.2, 0) is 38.1 Å². The van der Waals surface area contributed by atoms with Gasteiger partial charge in [-0.1, -0.05) is 83.9 Å². The Bertz CT molecular complexity index is 1350. The monoisotopic (exact) mass is 720 g/mol. The van der Waals surface area contributed by atoms with Crippen molar-refractivity contribution in [3.63, 3.8) is 0 Å². The second kappa shape index (κ2) is 19.5. The Labute approximate surface area is 302 Å². The average molecular weight is 721 g/mol. The lowest BCUT2D eigenvalue weighted by atomic mass is 9.76. The van der Waals surface area contributed by atoms with Crippen LogP contribution in [0.4, 0.5) is 0 Å². The Morgan fingerprint density at radius 1 is 1.06 bits per heavy atom. The molecule has 1 saturated heterocycles. The fraction of sp³-hybridized carbons (Fsp3) is 0.667. The van der Waals surface area contributed by atoms with E-state index in [1.54, 1.807) is 32.9 Å². The van der Waals surface area contributed by atoms with Crippen molar-refractivity contribution >= 4 is 17.9 Å². The molecule has 2 aliphatic rings. The molecule has 2 heterocycles. The summed E-state index contributed by atoms with van der Waals surface area (Å²) in [5, 5.41) is 43.8. The molecule has 4 N–H and O–H groups in total. The van der Waals surface area contributed by atoms with Crippen molar-refractivity contribution in [2.45, 2.75) is 118 Å². The Kier molecular flexibility index (Phi) is 16.8. The molecule has 0 saturated carbocycles. The van der Waals surface area contributed by atoms with Crippen molar-refractivity contribution in [3.05, 3.63) is 59.4 Å². The van der Waals surface area contributed by atoms with Gasteiger partial charge in [-0.3, -0.25) is 0 Å². The molecule has 0 spiro atoms. The maximum absolute atomic E-state index is 13.6. The second-order valence-electron chi connectivity index (χ2n) is 14.6. The highest BCUT2D eigenvalue weighted by molar-refractivity contribution is 5.90. The van der Waals surface area contributed by atoms with Crippen LogP contribution in [0, 0.1) is 35.5 Å². The molecule has 0 aliphatic carbocycles. The molecule has 51 heavy (non-hydrogen) atoms. The molecule has 288 valence electrons. The van der Waals surface area contributed by atoms with Gasteiger partial charge in [0.05, 0.1) is 25.4 Å². The average Bonchev–Trinajstić information content (AvgIpc) is 3.06. The van der Waals surface area contributed by atoms with Gasteiger partial charge in [0.1, 0.15) is 18.3 Å². The lowest BCUT2D eigenvalue weighted by molar-refractivity contribution is -0.329. The lowest BCUT2D eigenvalue weighted by Gasteiger charge is -2.50. The number of methoxy groups -OCH3 is 2. The number of ether oxygens (including phenoxy) is 5. The Morgan fingerprint density at radius 3 is 2.27 bits per heavy atom. The van der Waals surface area contributed by atoms with Gasteiger partial charge < -0.3 is 44.1 Å². The minimum atomic E-state index is -1.99. The van der Waals surface area contributed by atoms with Gasteiger partial charge in [-0.2, -0.15) is 0 Å². The van der Waals surface area contributed by atoms with Crippen LogP contribution < -0.4 is 0 Å². The summed E-state index contributed by atoms with van der Waals surface area (Å²) in [6.07, 6.45) is 5.37. The van der Waals surface area contributed by atoms with Crippen LogP contribution in [0.1, 0.15) is 75.2 Å². The number of rotatable bonds is 10. The molecule has 0 aromatic rings. The molecule has 2 aliphatic heterocycles. The maximum atomic E-state index is 13.6. The standard InChI is InChI=1S/C39H60O12/c1-21(2)36-26(7)31(49-33(42)16-15-32(40)41)20-39(46,51-36)28(9)35(44)27(8)37-29(47-10)14-12-13-22(3)17-24(5)34(43)25(6)18-23(4)19-30(48-11)38(45)50-37/h12-16,18-19,21,24-29,31,34-37,43-44,46H,17,20H2,1-11H3,(H,40,41)/b14-12+,16-15+,22-13+,23-18-,30-19+/t24-,25+,26-,27-,28-,29-,31+,34-,35+,36+,37?,39+/m0/s1. The van der Waals surface area contributed by atoms with E-state index in [1.165, 1.54) is 20.3 Å². The first-order valence-corrected chi connectivity index (χ1v) is 17.7. The number of carboxylic acids is 1. The van der Waals surface area contributed by atoms with Crippen molar-refractivity contribution in [2.75, 3.05) is 14.2 Å². The molecular weight excluding hydrogens is 660 g/mol. The van der Waals surface area contributed by atoms with Gasteiger partial charge in [-0.05, 0) is 38.2 Å². The summed E-state index contributed by atoms with van der Waals surface area (Å²) >= 11 is 0. The minimum Gasteiger partial charge on any atom is -0.490 e. The molecule has 0 amide bonds. The maximum Gasteiger partial charge on any atom is 0.373 e. The van der Waals surface area contributed by atoms with Gasteiger partial charge in [-0.15, -0.1) is 0 Å². The first kappa shape index (κ1) is 43.9. The van der Waals surface area contributed by atoms with E-state index in [4.69, 9.17) is 28.8 Å². The van der Waals surface area contributed by atoms with E-state index >= 15 is 0 Å². The lowest BCUT2D eigenvalue weighted by Crippen LogP contribution is -2.59. The summed E-state index contributed by atoms with van der Waals surface area (Å²) in [6, 6.07) is 0.